The highest BCUT2D eigenvalue weighted by molar-refractivity contribution is 7.27. The van der Waals surface area contributed by atoms with Gasteiger partial charge < -0.3 is 0 Å². The Morgan fingerprint density at radius 3 is 1.39 bits per heavy atom. The molecule has 0 spiro atoms. The van der Waals surface area contributed by atoms with E-state index in [4.69, 9.17) is 0 Å². The number of halogens is 2. The van der Waals surface area contributed by atoms with Crippen LogP contribution in [-0.4, -0.2) is 0 Å². The van der Waals surface area contributed by atoms with Gasteiger partial charge in [-0.1, -0.05) is 39.5 Å². The van der Waals surface area contributed by atoms with E-state index in [9.17, 15) is 0 Å². The van der Waals surface area contributed by atoms with Gasteiger partial charge in [-0.05, 0) is 49.9 Å². The average molecular weight is 473 g/mol. The molecule has 162 valence electrons. The summed E-state index contributed by atoms with van der Waals surface area (Å²) >= 11 is 4.92. The molecule has 0 saturated heterocycles. The molecule has 0 nitrogen and oxygen atoms in total. The summed E-state index contributed by atoms with van der Waals surface area (Å²) in [6.07, 6.45) is 8.25. The van der Waals surface area contributed by atoms with Gasteiger partial charge in [-0.25, -0.2) is 8.78 Å². The normalized spacial score (nSPS) is 12.3. The molecule has 3 aromatic heterocycles. The Morgan fingerprint density at radius 1 is 0.548 bits per heavy atom. The molecular formula is C26H26F2S3. The molecule has 0 fully saturated rings. The smallest absolute Gasteiger partial charge is 0.144 e. The quantitative estimate of drug-likeness (QED) is 0.197. The van der Waals surface area contributed by atoms with Gasteiger partial charge in [0.25, 0.3) is 0 Å². The van der Waals surface area contributed by atoms with Crippen molar-refractivity contribution >= 4 is 74.4 Å². The number of fused-ring (bicyclic) bond motifs is 5. The first-order valence-electron chi connectivity index (χ1n) is 11.3. The molecule has 31 heavy (non-hydrogen) atoms. The van der Waals surface area contributed by atoms with Crippen molar-refractivity contribution in [3.63, 3.8) is 0 Å². The van der Waals surface area contributed by atoms with Gasteiger partial charge in [-0.15, -0.1) is 34.0 Å². The van der Waals surface area contributed by atoms with Crippen LogP contribution in [0.4, 0.5) is 8.78 Å². The highest BCUT2D eigenvalue weighted by atomic mass is 32.1. The van der Waals surface area contributed by atoms with Crippen LogP contribution in [0.5, 0.6) is 0 Å². The van der Waals surface area contributed by atoms with Gasteiger partial charge in [0, 0.05) is 50.1 Å². The van der Waals surface area contributed by atoms with Gasteiger partial charge in [0.1, 0.15) is 11.6 Å². The van der Waals surface area contributed by atoms with Crippen LogP contribution in [-0.2, 0) is 12.8 Å². The van der Waals surface area contributed by atoms with Crippen molar-refractivity contribution in [1.82, 2.24) is 0 Å². The molecule has 0 saturated carbocycles. The monoisotopic (exact) mass is 472 g/mol. The molecule has 0 N–H and O–H groups in total. The maximum Gasteiger partial charge on any atom is 0.144 e. The topological polar surface area (TPSA) is 0 Å². The fourth-order valence-corrected chi connectivity index (χ4v) is 7.98. The van der Waals surface area contributed by atoms with E-state index in [1.54, 1.807) is 34.0 Å². The molecule has 0 radical (unpaired) electrons. The summed E-state index contributed by atoms with van der Waals surface area (Å²) in [5.41, 5.74) is 0. The Balaban J connectivity index is 1.60. The lowest BCUT2D eigenvalue weighted by Gasteiger charge is -1.97. The molecule has 0 atom stereocenters. The van der Waals surface area contributed by atoms with Crippen LogP contribution in [0.15, 0.2) is 24.3 Å². The van der Waals surface area contributed by atoms with E-state index in [1.165, 1.54) is 0 Å². The predicted octanol–water partition coefficient (Wildman–Crippen LogP) is 10.2. The summed E-state index contributed by atoms with van der Waals surface area (Å²) in [5.74, 6) is -0.114. The fourth-order valence-electron chi connectivity index (χ4n) is 4.39. The Labute approximate surface area is 193 Å². The standard InChI is InChI=1S/C26H26F2S3/c1-3-5-7-9-19-25(27)17-11-15-16-12-18-24(30-20(26(18)28)10-8-6-4-2)14-22(16)31-21(15)13-23(17)29-19/h11-14H,3-10H2,1-2H3. The largest absolute Gasteiger partial charge is 0.205 e. The lowest BCUT2D eigenvalue weighted by atomic mass is 10.1. The van der Waals surface area contributed by atoms with Crippen molar-refractivity contribution < 1.29 is 8.78 Å². The molecule has 5 aromatic rings. The lowest BCUT2D eigenvalue weighted by molar-refractivity contribution is 0.617. The molecule has 2 aromatic carbocycles. The van der Waals surface area contributed by atoms with Crippen LogP contribution in [0.2, 0.25) is 0 Å². The van der Waals surface area contributed by atoms with E-state index in [2.05, 4.69) is 26.0 Å². The van der Waals surface area contributed by atoms with Crippen LogP contribution < -0.4 is 0 Å². The number of rotatable bonds is 8. The number of hydrogen-bond acceptors (Lipinski definition) is 3. The van der Waals surface area contributed by atoms with E-state index < -0.39 is 0 Å². The second-order valence-electron chi connectivity index (χ2n) is 8.38. The second kappa shape index (κ2) is 8.76. The van der Waals surface area contributed by atoms with Crippen molar-refractivity contribution in [1.29, 1.82) is 0 Å². The molecule has 3 heterocycles. The maximum atomic E-state index is 15.1. The molecule has 0 aliphatic rings. The first-order valence-corrected chi connectivity index (χ1v) is 13.7. The van der Waals surface area contributed by atoms with E-state index >= 15 is 8.78 Å². The van der Waals surface area contributed by atoms with Gasteiger partial charge >= 0.3 is 0 Å². The Kier molecular flexibility index (Phi) is 6.02. The SMILES string of the molecule is CCCCCc1sc2cc3sc4cc5sc(CCCCC)c(F)c5cc4c3cc2c1F. The summed E-state index contributed by atoms with van der Waals surface area (Å²) in [4.78, 5) is 1.74. The number of thiophene rings is 3. The third-order valence-electron chi connectivity index (χ3n) is 6.12. The molecule has 5 heteroatoms. The zero-order chi connectivity index (χ0) is 21.5. The molecule has 0 unspecified atom stereocenters. The lowest BCUT2D eigenvalue weighted by Crippen LogP contribution is -1.84. The summed E-state index contributed by atoms with van der Waals surface area (Å²) in [7, 11) is 0. The molecular weight excluding hydrogens is 446 g/mol. The van der Waals surface area contributed by atoms with Crippen LogP contribution >= 0.6 is 34.0 Å². The van der Waals surface area contributed by atoms with Crippen LogP contribution in [0, 0.1) is 11.6 Å². The second-order valence-corrected chi connectivity index (χ2v) is 11.7. The van der Waals surface area contributed by atoms with E-state index in [1.807, 2.05) is 12.1 Å². The molecule has 0 bridgehead atoms. The minimum Gasteiger partial charge on any atom is -0.205 e. The maximum absolute atomic E-state index is 15.1. The predicted molar refractivity (Wildman–Crippen MR) is 136 cm³/mol. The zero-order valence-electron chi connectivity index (χ0n) is 17.9. The minimum absolute atomic E-state index is 0.0571. The molecule has 5 rings (SSSR count). The van der Waals surface area contributed by atoms with Crippen molar-refractivity contribution in [2.45, 2.75) is 65.2 Å². The summed E-state index contributed by atoms with van der Waals surface area (Å²) in [6, 6.07) is 8.26. The van der Waals surface area contributed by atoms with Crippen LogP contribution in [0.25, 0.3) is 40.3 Å². The van der Waals surface area contributed by atoms with Gasteiger partial charge in [0.2, 0.25) is 0 Å². The van der Waals surface area contributed by atoms with Crippen molar-refractivity contribution in [2.24, 2.45) is 0 Å². The van der Waals surface area contributed by atoms with Crippen molar-refractivity contribution in [3.05, 3.63) is 45.7 Å². The highest BCUT2D eigenvalue weighted by Crippen LogP contribution is 2.43. The molecule has 0 amide bonds. The first kappa shape index (κ1) is 21.3. The van der Waals surface area contributed by atoms with Crippen LogP contribution in [0.1, 0.15) is 62.1 Å². The van der Waals surface area contributed by atoms with E-state index in [0.29, 0.717) is 0 Å². The molecule has 0 aliphatic carbocycles. The highest BCUT2D eigenvalue weighted by Gasteiger charge is 2.18. The Bertz CT molecular complexity index is 1280. The summed E-state index contributed by atoms with van der Waals surface area (Å²) < 4.78 is 34.6. The van der Waals surface area contributed by atoms with Gasteiger partial charge in [-0.2, -0.15) is 0 Å². The number of aryl methyl sites for hydroxylation is 2. The number of hydrogen-bond donors (Lipinski definition) is 0. The molecule has 0 aliphatic heterocycles. The number of benzene rings is 2. The van der Waals surface area contributed by atoms with E-state index in [0.717, 1.165) is 101 Å². The first-order chi connectivity index (χ1) is 15.1. The van der Waals surface area contributed by atoms with Gasteiger partial charge in [0.15, 0.2) is 0 Å². The summed E-state index contributed by atoms with van der Waals surface area (Å²) in [5, 5.41) is 3.53. The average Bonchev–Trinajstić information content (AvgIpc) is 3.37. The number of unbranched alkanes of at least 4 members (excludes halogenated alkanes) is 4. The third-order valence-corrected chi connectivity index (χ3v) is 9.61. The Hall–Kier alpha value is -1.56. The van der Waals surface area contributed by atoms with Crippen molar-refractivity contribution in [3.8, 4) is 0 Å². The van der Waals surface area contributed by atoms with Crippen LogP contribution in [0.3, 0.4) is 0 Å². The van der Waals surface area contributed by atoms with Gasteiger partial charge in [0.05, 0.1) is 0 Å². The fraction of sp³-hybridized carbons (Fsp3) is 0.385. The minimum atomic E-state index is -0.0571. The van der Waals surface area contributed by atoms with Gasteiger partial charge in [-0.3, -0.25) is 0 Å². The Morgan fingerprint density at radius 2 is 0.968 bits per heavy atom. The van der Waals surface area contributed by atoms with E-state index in [-0.39, 0.29) is 11.6 Å². The third kappa shape index (κ3) is 3.79. The zero-order valence-corrected chi connectivity index (χ0v) is 20.4. The summed E-state index contributed by atoms with van der Waals surface area (Å²) in [6.45, 7) is 4.34. The van der Waals surface area contributed by atoms with Crippen molar-refractivity contribution in [2.75, 3.05) is 0 Å².